The molecule has 8 nitrogen and oxygen atoms in total. The number of hydrogen-bond donors (Lipinski definition) is 3. The van der Waals surface area contributed by atoms with E-state index in [0.717, 1.165) is 6.07 Å². The molecular weight excluding hydrogens is 228 g/mol. The lowest BCUT2D eigenvalue weighted by molar-refractivity contribution is -0.384. The molecule has 8 heteroatoms. The number of pyridine rings is 1. The first-order valence-corrected chi connectivity index (χ1v) is 4.85. The number of nitrogens with two attached hydrogens (primary N) is 1. The fraction of sp³-hybridized carbons (Fsp3) is 0.444. The van der Waals surface area contributed by atoms with Crippen LogP contribution in [0.25, 0.3) is 0 Å². The van der Waals surface area contributed by atoms with E-state index in [1.807, 2.05) is 0 Å². The second kappa shape index (κ2) is 5.97. The van der Waals surface area contributed by atoms with Gasteiger partial charge in [-0.25, -0.2) is 4.98 Å². The standard InChI is InChI=1S/C9H14N4O4/c1-17-5-7(14)4-11-9-3-6(13(15)16)2-8(10)12-9/h2-3,7,14H,4-5H2,1H3,(H3,10,11,12). The maximum atomic E-state index is 10.6. The van der Waals surface area contributed by atoms with Crippen molar-refractivity contribution in [3.63, 3.8) is 0 Å². The summed E-state index contributed by atoms with van der Waals surface area (Å²) < 4.78 is 4.73. The summed E-state index contributed by atoms with van der Waals surface area (Å²) in [5.41, 5.74) is 5.27. The monoisotopic (exact) mass is 242 g/mol. The number of aliphatic hydroxyl groups excluding tert-OH is 1. The van der Waals surface area contributed by atoms with Crippen LogP contribution in [0.1, 0.15) is 0 Å². The summed E-state index contributed by atoms with van der Waals surface area (Å²) in [7, 11) is 1.47. The Morgan fingerprint density at radius 3 is 3.00 bits per heavy atom. The van der Waals surface area contributed by atoms with Crippen LogP contribution in [-0.4, -0.2) is 41.4 Å². The van der Waals surface area contributed by atoms with E-state index in [9.17, 15) is 15.2 Å². The Kier molecular flexibility index (Phi) is 4.61. The van der Waals surface area contributed by atoms with Gasteiger partial charge in [-0.1, -0.05) is 0 Å². The number of nitrogens with zero attached hydrogens (tertiary/aromatic N) is 2. The molecule has 0 fully saturated rings. The average Bonchev–Trinajstić information content (AvgIpc) is 2.26. The minimum absolute atomic E-state index is 0.0444. The van der Waals surface area contributed by atoms with E-state index in [1.165, 1.54) is 13.2 Å². The number of anilines is 2. The van der Waals surface area contributed by atoms with Gasteiger partial charge in [0, 0.05) is 13.7 Å². The van der Waals surface area contributed by atoms with Crippen LogP contribution in [0.15, 0.2) is 12.1 Å². The molecule has 1 rings (SSSR count). The molecule has 1 unspecified atom stereocenters. The fourth-order valence-electron chi connectivity index (χ4n) is 1.21. The van der Waals surface area contributed by atoms with E-state index in [-0.39, 0.29) is 30.5 Å². The van der Waals surface area contributed by atoms with Crippen molar-refractivity contribution in [3.05, 3.63) is 22.2 Å². The zero-order valence-corrected chi connectivity index (χ0v) is 9.29. The van der Waals surface area contributed by atoms with E-state index in [4.69, 9.17) is 10.5 Å². The van der Waals surface area contributed by atoms with Crippen LogP contribution in [-0.2, 0) is 4.74 Å². The number of ether oxygens (including phenoxy) is 1. The van der Waals surface area contributed by atoms with Crippen LogP contribution >= 0.6 is 0 Å². The van der Waals surface area contributed by atoms with E-state index in [1.54, 1.807) is 0 Å². The highest BCUT2D eigenvalue weighted by Crippen LogP contribution is 2.18. The van der Waals surface area contributed by atoms with Crippen molar-refractivity contribution in [1.29, 1.82) is 0 Å². The smallest absolute Gasteiger partial charge is 0.276 e. The predicted octanol–water partition coefficient (Wildman–Crippen LogP) is -0.00880. The maximum Gasteiger partial charge on any atom is 0.276 e. The summed E-state index contributed by atoms with van der Waals surface area (Å²) in [5.74, 6) is 0.287. The van der Waals surface area contributed by atoms with Gasteiger partial charge in [-0.3, -0.25) is 10.1 Å². The molecule has 0 spiro atoms. The summed E-state index contributed by atoms with van der Waals surface area (Å²) in [6.45, 7) is 0.332. The van der Waals surface area contributed by atoms with Gasteiger partial charge < -0.3 is 20.9 Å². The normalized spacial score (nSPS) is 12.1. The van der Waals surface area contributed by atoms with Gasteiger partial charge in [-0.15, -0.1) is 0 Å². The predicted molar refractivity (Wildman–Crippen MR) is 61.7 cm³/mol. The number of hydrogen-bond acceptors (Lipinski definition) is 7. The largest absolute Gasteiger partial charge is 0.389 e. The number of nitrogen functional groups attached to an aromatic ring is 1. The zero-order chi connectivity index (χ0) is 12.8. The number of nitrogens with one attached hydrogen (secondary N) is 1. The number of rotatable bonds is 6. The van der Waals surface area contributed by atoms with Gasteiger partial charge in [0.05, 0.1) is 29.8 Å². The summed E-state index contributed by atoms with van der Waals surface area (Å²) in [4.78, 5) is 13.9. The highest BCUT2D eigenvalue weighted by atomic mass is 16.6. The highest BCUT2D eigenvalue weighted by molar-refractivity contribution is 5.52. The Labute approximate surface area is 97.6 Å². The van der Waals surface area contributed by atoms with Crippen LogP contribution in [0, 0.1) is 10.1 Å². The zero-order valence-electron chi connectivity index (χ0n) is 9.29. The van der Waals surface area contributed by atoms with Crippen molar-refractivity contribution in [2.24, 2.45) is 0 Å². The first-order chi connectivity index (χ1) is 8.02. The van der Waals surface area contributed by atoms with E-state index in [2.05, 4.69) is 10.3 Å². The third-order valence-electron chi connectivity index (χ3n) is 1.92. The lowest BCUT2D eigenvalue weighted by atomic mass is 10.3. The van der Waals surface area contributed by atoms with Gasteiger partial charge in [0.1, 0.15) is 11.6 Å². The molecule has 0 aliphatic carbocycles. The Balaban J connectivity index is 2.68. The lowest BCUT2D eigenvalue weighted by Crippen LogP contribution is -2.24. The summed E-state index contributed by atoms with van der Waals surface area (Å²) in [6.07, 6.45) is -0.720. The lowest BCUT2D eigenvalue weighted by Gasteiger charge is -2.11. The number of methoxy groups -OCH3 is 1. The van der Waals surface area contributed by atoms with E-state index in [0.29, 0.717) is 0 Å². The molecule has 94 valence electrons. The highest BCUT2D eigenvalue weighted by Gasteiger charge is 2.10. The van der Waals surface area contributed by atoms with E-state index < -0.39 is 11.0 Å². The molecule has 0 aliphatic heterocycles. The van der Waals surface area contributed by atoms with Gasteiger partial charge in [0.2, 0.25) is 0 Å². The van der Waals surface area contributed by atoms with Crippen LogP contribution in [0.3, 0.4) is 0 Å². The van der Waals surface area contributed by atoms with Gasteiger partial charge in [0.15, 0.2) is 0 Å². The molecule has 0 radical (unpaired) electrons. The Morgan fingerprint density at radius 2 is 2.41 bits per heavy atom. The second-order valence-electron chi connectivity index (χ2n) is 3.38. The molecule has 17 heavy (non-hydrogen) atoms. The molecule has 1 aromatic heterocycles. The summed E-state index contributed by atoms with van der Waals surface area (Å²) in [5, 5.41) is 22.7. The number of nitro groups is 1. The minimum Gasteiger partial charge on any atom is -0.389 e. The molecule has 1 heterocycles. The van der Waals surface area contributed by atoms with Crippen molar-refractivity contribution in [2.75, 3.05) is 31.3 Å². The van der Waals surface area contributed by atoms with Crippen molar-refractivity contribution in [2.45, 2.75) is 6.10 Å². The van der Waals surface area contributed by atoms with E-state index >= 15 is 0 Å². The average molecular weight is 242 g/mol. The molecule has 1 atom stereocenters. The van der Waals surface area contributed by atoms with Gasteiger partial charge in [-0.05, 0) is 0 Å². The second-order valence-corrected chi connectivity index (χ2v) is 3.38. The molecule has 0 aliphatic rings. The van der Waals surface area contributed by atoms with Gasteiger partial charge >= 0.3 is 0 Å². The molecule has 0 aromatic carbocycles. The van der Waals surface area contributed by atoms with Crippen LogP contribution in [0.4, 0.5) is 17.3 Å². The molecule has 1 aromatic rings. The van der Waals surface area contributed by atoms with Crippen molar-refractivity contribution in [3.8, 4) is 0 Å². The maximum absolute atomic E-state index is 10.6. The topological polar surface area (TPSA) is 124 Å². The molecule has 0 amide bonds. The SMILES string of the molecule is COCC(O)CNc1cc([N+](=O)[O-])cc(N)n1. The Bertz CT molecular complexity index is 399. The number of aromatic nitrogens is 1. The third kappa shape index (κ3) is 4.21. The molecular formula is C9H14N4O4. The van der Waals surface area contributed by atoms with Gasteiger partial charge in [0.25, 0.3) is 5.69 Å². The van der Waals surface area contributed by atoms with Crippen LogP contribution < -0.4 is 11.1 Å². The number of aliphatic hydroxyl groups is 1. The summed E-state index contributed by atoms with van der Waals surface area (Å²) in [6, 6.07) is 2.41. The summed E-state index contributed by atoms with van der Waals surface area (Å²) >= 11 is 0. The van der Waals surface area contributed by atoms with Crippen molar-refractivity contribution < 1.29 is 14.8 Å². The third-order valence-corrected chi connectivity index (χ3v) is 1.92. The fourth-order valence-corrected chi connectivity index (χ4v) is 1.21. The van der Waals surface area contributed by atoms with Gasteiger partial charge in [-0.2, -0.15) is 0 Å². The molecule has 0 saturated heterocycles. The minimum atomic E-state index is -0.720. The quantitative estimate of drug-likeness (QED) is 0.473. The van der Waals surface area contributed by atoms with Crippen LogP contribution in [0.2, 0.25) is 0 Å². The Morgan fingerprint density at radius 1 is 1.71 bits per heavy atom. The van der Waals surface area contributed by atoms with Crippen molar-refractivity contribution in [1.82, 2.24) is 4.98 Å². The first kappa shape index (κ1) is 13.1. The van der Waals surface area contributed by atoms with Crippen molar-refractivity contribution >= 4 is 17.3 Å². The molecule has 0 saturated carbocycles. The first-order valence-electron chi connectivity index (χ1n) is 4.85. The molecule has 4 N–H and O–H groups in total. The molecule has 0 bridgehead atoms. The van der Waals surface area contributed by atoms with Crippen LogP contribution in [0.5, 0.6) is 0 Å². The Hall–Kier alpha value is -1.93.